The van der Waals surface area contributed by atoms with Gasteiger partial charge in [0.15, 0.2) is 0 Å². The summed E-state index contributed by atoms with van der Waals surface area (Å²) in [6.07, 6.45) is 2.00. The van der Waals surface area contributed by atoms with Crippen molar-refractivity contribution >= 4 is 17.3 Å². The van der Waals surface area contributed by atoms with Gasteiger partial charge in [-0.25, -0.2) is 0 Å². The van der Waals surface area contributed by atoms with Gasteiger partial charge < -0.3 is 0 Å². The molecular formula is C6H8ClN. The number of halogens is 1. The first kappa shape index (κ1) is 5.83. The summed E-state index contributed by atoms with van der Waals surface area (Å²) in [6, 6.07) is 0. The molecule has 8 heavy (non-hydrogen) atoms. The number of rotatable bonds is 0. The van der Waals surface area contributed by atoms with Crippen LogP contribution in [-0.2, 0) is 0 Å². The Morgan fingerprint density at radius 1 is 1.62 bits per heavy atom. The van der Waals surface area contributed by atoms with Crippen molar-refractivity contribution < 1.29 is 0 Å². The number of aliphatic imine (C=N–C) groups is 1. The number of hydrogen-bond acceptors (Lipinski definition) is 1. The molecule has 0 bridgehead atoms. The molecule has 2 heteroatoms. The first-order chi connectivity index (χ1) is 3.70. The van der Waals surface area contributed by atoms with Gasteiger partial charge in [0.25, 0.3) is 0 Å². The molecule has 1 rings (SSSR count). The smallest absolute Gasteiger partial charge is 0.145 e. The highest BCUT2D eigenvalue weighted by Crippen LogP contribution is 2.16. The molecule has 44 valence electrons. The highest BCUT2D eigenvalue weighted by molar-refractivity contribution is 6.24. The fourth-order valence-corrected chi connectivity index (χ4v) is 0.933. The van der Waals surface area contributed by atoms with E-state index in [0.29, 0.717) is 0 Å². The lowest BCUT2D eigenvalue weighted by Crippen LogP contribution is -1.87. The fraction of sp³-hybridized carbons (Fsp3) is 0.500. The van der Waals surface area contributed by atoms with Crippen LogP contribution in [0.4, 0.5) is 0 Å². The summed E-state index contributed by atoms with van der Waals surface area (Å²) < 4.78 is 0. The van der Waals surface area contributed by atoms with Gasteiger partial charge in [0.05, 0.1) is 0 Å². The molecular weight excluding hydrogens is 122 g/mol. The molecule has 1 aliphatic heterocycles. The molecule has 0 saturated heterocycles. The molecule has 1 aliphatic rings. The van der Waals surface area contributed by atoms with Crippen molar-refractivity contribution in [1.82, 2.24) is 0 Å². The van der Waals surface area contributed by atoms with Crippen LogP contribution in [0.25, 0.3) is 0 Å². The van der Waals surface area contributed by atoms with E-state index in [1.807, 2.05) is 19.9 Å². The van der Waals surface area contributed by atoms with E-state index < -0.39 is 0 Å². The van der Waals surface area contributed by atoms with Crippen LogP contribution >= 0.6 is 11.6 Å². The van der Waals surface area contributed by atoms with Crippen LogP contribution in [0.3, 0.4) is 0 Å². The molecule has 0 aromatic heterocycles. The molecule has 0 aliphatic carbocycles. The Morgan fingerprint density at radius 2 is 2.25 bits per heavy atom. The SMILES string of the molecule is CC1=CC(C)=NC1Cl. The summed E-state index contributed by atoms with van der Waals surface area (Å²) in [7, 11) is 0. The zero-order valence-corrected chi connectivity index (χ0v) is 5.74. The van der Waals surface area contributed by atoms with Gasteiger partial charge in [-0.3, -0.25) is 4.99 Å². The lowest BCUT2D eigenvalue weighted by Gasteiger charge is -1.93. The zero-order chi connectivity index (χ0) is 6.15. The third-order valence-electron chi connectivity index (χ3n) is 1.13. The summed E-state index contributed by atoms with van der Waals surface area (Å²) in [5.74, 6) is 0. The molecule has 0 fully saturated rings. The average molecular weight is 130 g/mol. The second-order valence-corrected chi connectivity index (χ2v) is 2.41. The number of alkyl halides is 1. The molecule has 1 atom stereocenters. The monoisotopic (exact) mass is 129 g/mol. The Balaban J connectivity index is 2.78. The molecule has 1 unspecified atom stereocenters. The predicted octanol–water partition coefficient (Wildman–Crippen LogP) is 1.97. The van der Waals surface area contributed by atoms with Crippen LogP contribution in [0.2, 0.25) is 0 Å². The van der Waals surface area contributed by atoms with Gasteiger partial charge in [-0.05, 0) is 25.5 Å². The highest BCUT2D eigenvalue weighted by atomic mass is 35.5. The molecule has 1 nitrogen and oxygen atoms in total. The molecule has 0 spiro atoms. The predicted molar refractivity (Wildman–Crippen MR) is 36.5 cm³/mol. The third-order valence-corrected chi connectivity index (χ3v) is 1.57. The van der Waals surface area contributed by atoms with E-state index in [2.05, 4.69) is 4.99 Å². The van der Waals surface area contributed by atoms with Crippen LogP contribution in [0, 0.1) is 0 Å². The minimum Gasteiger partial charge on any atom is -0.266 e. The van der Waals surface area contributed by atoms with Gasteiger partial charge in [-0.2, -0.15) is 0 Å². The quantitative estimate of drug-likeness (QED) is 0.350. The van der Waals surface area contributed by atoms with Crippen molar-refractivity contribution in [2.45, 2.75) is 19.3 Å². The van der Waals surface area contributed by atoms with Gasteiger partial charge in [-0.1, -0.05) is 11.6 Å². The summed E-state index contributed by atoms with van der Waals surface area (Å²) in [4.78, 5) is 4.06. The Morgan fingerprint density at radius 3 is 2.38 bits per heavy atom. The van der Waals surface area contributed by atoms with Crippen molar-refractivity contribution in [2.24, 2.45) is 4.99 Å². The van der Waals surface area contributed by atoms with Crippen molar-refractivity contribution in [2.75, 3.05) is 0 Å². The maximum atomic E-state index is 5.70. The van der Waals surface area contributed by atoms with Gasteiger partial charge in [-0.15, -0.1) is 0 Å². The Labute approximate surface area is 54.1 Å². The molecule has 0 amide bonds. The van der Waals surface area contributed by atoms with Crippen molar-refractivity contribution in [1.29, 1.82) is 0 Å². The first-order valence-corrected chi connectivity index (χ1v) is 3.00. The van der Waals surface area contributed by atoms with Crippen LogP contribution in [0.15, 0.2) is 16.6 Å². The van der Waals surface area contributed by atoms with Crippen molar-refractivity contribution in [3.8, 4) is 0 Å². The molecule has 0 N–H and O–H groups in total. The van der Waals surface area contributed by atoms with E-state index in [9.17, 15) is 0 Å². The number of hydrogen-bond donors (Lipinski definition) is 0. The first-order valence-electron chi connectivity index (χ1n) is 2.57. The highest BCUT2D eigenvalue weighted by Gasteiger charge is 2.09. The maximum absolute atomic E-state index is 5.70. The van der Waals surface area contributed by atoms with Crippen LogP contribution < -0.4 is 0 Å². The lowest BCUT2D eigenvalue weighted by atomic mass is 10.3. The van der Waals surface area contributed by atoms with E-state index in [0.717, 1.165) is 11.3 Å². The van der Waals surface area contributed by atoms with E-state index in [1.54, 1.807) is 0 Å². The minimum absolute atomic E-state index is 0.0880. The third kappa shape index (κ3) is 0.920. The largest absolute Gasteiger partial charge is 0.266 e. The zero-order valence-electron chi connectivity index (χ0n) is 4.98. The summed E-state index contributed by atoms with van der Waals surface area (Å²) in [5, 5.41) is 0. The standard InChI is InChI=1S/C6H8ClN/c1-4-3-5(2)8-6(4)7/h3,6H,1-2H3. The summed E-state index contributed by atoms with van der Waals surface area (Å²) in [6.45, 7) is 3.93. The Hall–Kier alpha value is -0.300. The molecule has 0 aromatic rings. The minimum atomic E-state index is -0.0880. The van der Waals surface area contributed by atoms with Gasteiger partial charge in [0.1, 0.15) is 5.50 Å². The Kier molecular flexibility index (Phi) is 1.39. The van der Waals surface area contributed by atoms with Crippen LogP contribution in [0.1, 0.15) is 13.8 Å². The maximum Gasteiger partial charge on any atom is 0.145 e. The van der Waals surface area contributed by atoms with Crippen molar-refractivity contribution in [3.05, 3.63) is 11.6 Å². The fourth-order valence-electron chi connectivity index (χ4n) is 0.716. The molecule has 1 heterocycles. The topological polar surface area (TPSA) is 12.4 Å². The average Bonchev–Trinajstić information content (AvgIpc) is 1.85. The molecule has 0 radical (unpaired) electrons. The number of allylic oxidation sites excluding steroid dienone is 1. The van der Waals surface area contributed by atoms with E-state index in [1.165, 1.54) is 0 Å². The Bertz CT molecular complexity index is 158. The summed E-state index contributed by atoms with van der Waals surface area (Å²) >= 11 is 5.70. The summed E-state index contributed by atoms with van der Waals surface area (Å²) in [5.41, 5.74) is 2.08. The number of nitrogens with zero attached hydrogens (tertiary/aromatic N) is 1. The normalized spacial score (nSPS) is 27.6. The van der Waals surface area contributed by atoms with E-state index >= 15 is 0 Å². The van der Waals surface area contributed by atoms with Gasteiger partial charge in [0, 0.05) is 5.71 Å². The van der Waals surface area contributed by atoms with Crippen molar-refractivity contribution in [3.63, 3.8) is 0 Å². The lowest BCUT2D eigenvalue weighted by molar-refractivity contribution is 1.08. The molecule has 0 saturated carbocycles. The van der Waals surface area contributed by atoms with Gasteiger partial charge >= 0.3 is 0 Å². The molecule has 0 aromatic carbocycles. The van der Waals surface area contributed by atoms with Gasteiger partial charge in [0.2, 0.25) is 0 Å². The van der Waals surface area contributed by atoms with E-state index in [4.69, 9.17) is 11.6 Å². The second kappa shape index (κ2) is 1.90. The van der Waals surface area contributed by atoms with E-state index in [-0.39, 0.29) is 5.50 Å². The van der Waals surface area contributed by atoms with Crippen LogP contribution in [-0.4, -0.2) is 11.2 Å². The second-order valence-electron chi connectivity index (χ2n) is 1.99. The van der Waals surface area contributed by atoms with Crippen LogP contribution in [0.5, 0.6) is 0 Å².